The van der Waals surface area contributed by atoms with E-state index in [-0.39, 0.29) is 0 Å². The summed E-state index contributed by atoms with van der Waals surface area (Å²) in [6.45, 7) is 4.45. The Labute approximate surface area is 134 Å². The number of hydrogen-bond donors (Lipinski definition) is 0. The van der Waals surface area contributed by atoms with Crippen LogP contribution in [0.3, 0.4) is 0 Å². The smallest absolute Gasteiger partial charge is 0.309 e. The minimum atomic E-state index is -3.09. The lowest BCUT2D eigenvalue weighted by atomic mass is 10.1. The lowest BCUT2D eigenvalue weighted by molar-refractivity contribution is 0.219. The quantitative estimate of drug-likeness (QED) is 0.533. The summed E-state index contributed by atoms with van der Waals surface area (Å²) in [5.74, 6) is 0. The Hall–Kier alpha value is -1.19. The zero-order valence-electron chi connectivity index (χ0n) is 12.7. The molecule has 0 spiro atoms. The molecule has 3 aromatic rings. The molecule has 0 bridgehead atoms. The fraction of sp³-hybridized carbons (Fsp3) is 0.294. The van der Waals surface area contributed by atoms with E-state index in [0.29, 0.717) is 19.4 Å². The molecule has 0 atom stereocenters. The molecule has 0 radical (unpaired) electrons. The molecular weight excluding hydrogens is 315 g/mol. The van der Waals surface area contributed by atoms with E-state index in [1.807, 2.05) is 38.1 Å². The number of rotatable bonds is 6. The highest BCUT2D eigenvalue weighted by atomic mass is 32.1. The Morgan fingerprint density at radius 1 is 0.955 bits per heavy atom. The van der Waals surface area contributed by atoms with Crippen LogP contribution in [0.25, 0.3) is 20.2 Å². The molecule has 0 saturated heterocycles. The maximum atomic E-state index is 12.8. The Kier molecular flexibility index (Phi) is 4.65. The summed E-state index contributed by atoms with van der Waals surface area (Å²) in [5.41, 5.74) is 1.03. The van der Waals surface area contributed by atoms with Crippen molar-refractivity contribution in [3.63, 3.8) is 0 Å². The predicted octanol–water partition coefficient (Wildman–Crippen LogP) is 5.82. The van der Waals surface area contributed by atoms with Crippen molar-refractivity contribution in [2.75, 3.05) is 13.2 Å². The molecule has 116 valence electrons. The maximum Gasteiger partial charge on any atom is 0.335 e. The highest BCUT2D eigenvalue weighted by Gasteiger charge is 2.25. The summed E-state index contributed by atoms with van der Waals surface area (Å²) in [7, 11) is -3.09. The summed E-state index contributed by atoms with van der Waals surface area (Å²) in [6.07, 6.45) is 0.312. The lowest BCUT2D eigenvalue weighted by Gasteiger charge is -2.17. The van der Waals surface area contributed by atoms with Gasteiger partial charge in [0.15, 0.2) is 0 Å². The van der Waals surface area contributed by atoms with Crippen LogP contribution in [-0.2, 0) is 19.8 Å². The Morgan fingerprint density at radius 2 is 1.64 bits per heavy atom. The monoisotopic (exact) mass is 334 g/mol. The molecule has 0 amide bonds. The first-order valence-corrected chi connectivity index (χ1v) is 9.98. The van der Waals surface area contributed by atoms with Gasteiger partial charge in [-0.3, -0.25) is 4.57 Å². The molecule has 1 heterocycles. The molecule has 1 aromatic heterocycles. The third-order valence-electron chi connectivity index (χ3n) is 3.50. The molecule has 0 aliphatic rings. The van der Waals surface area contributed by atoms with E-state index in [9.17, 15) is 4.57 Å². The summed E-state index contributed by atoms with van der Waals surface area (Å²) in [4.78, 5) is 0. The third-order valence-corrected chi connectivity index (χ3v) is 6.67. The molecule has 0 aliphatic heterocycles. The molecule has 0 fully saturated rings. The van der Waals surface area contributed by atoms with Gasteiger partial charge in [0.1, 0.15) is 0 Å². The lowest BCUT2D eigenvalue weighted by Crippen LogP contribution is -1.99. The summed E-state index contributed by atoms with van der Waals surface area (Å²) in [5, 5.41) is 2.38. The Balaban J connectivity index is 2.12. The largest absolute Gasteiger partial charge is 0.335 e. The van der Waals surface area contributed by atoms with Crippen LogP contribution in [0.2, 0.25) is 0 Å². The van der Waals surface area contributed by atoms with Crippen molar-refractivity contribution in [1.82, 2.24) is 0 Å². The fourth-order valence-electron chi connectivity index (χ4n) is 2.71. The molecule has 5 heteroatoms. The van der Waals surface area contributed by atoms with E-state index in [0.717, 1.165) is 5.56 Å². The normalized spacial score (nSPS) is 12.3. The van der Waals surface area contributed by atoms with Crippen LogP contribution >= 0.6 is 18.9 Å². The van der Waals surface area contributed by atoms with Crippen molar-refractivity contribution in [2.45, 2.75) is 20.0 Å². The predicted molar refractivity (Wildman–Crippen MR) is 93.9 cm³/mol. The maximum absolute atomic E-state index is 12.8. The van der Waals surface area contributed by atoms with Crippen molar-refractivity contribution in [1.29, 1.82) is 0 Å². The number of benzene rings is 2. The molecule has 22 heavy (non-hydrogen) atoms. The van der Waals surface area contributed by atoms with Gasteiger partial charge in [-0.15, -0.1) is 11.3 Å². The molecule has 2 aromatic carbocycles. The molecule has 0 N–H and O–H groups in total. The second kappa shape index (κ2) is 6.51. The molecule has 3 rings (SSSR count). The minimum absolute atomic E-state index is 0.312. The average molecular weight is 334 g/mol. The molecule has 0 unspecified atom stereocenters. The van der Waals surface area contributed by atoms with Crippen molar-refractivity contribution >= 4 is 39.1 Å². The van der Waals surface area contributed by atoms with Gasteiger partial charge in [-0.1, -0.05) is 30.3 Å². The Bertz CT molecular complexity index is 830. The van der Waals surface area contributed by atoms with Gasteiger partial charge in [0.2, 0.25) is 0 Å². The molecular formula is C17H19O3PS. The van der Waals surface area contributed by atoms with Crippen molar-refractivity contribution in [2.24, 2.45) is 0 Å². The summed E-state index contributed by atoms with van der Waals surface area (Å²) in [6, 6.07) is 14.5. The van der Waals surface area contributed by atoms with Crippen molar-refractivity contribution < 1.29 is 13.6 Å². The van der Waals surface area contributed by atoms with Gasteiger partial charge in [-0.2, -0.15) is 0 Å². The van der Waals surface area contributed by atoms with Gasteiger partial charge < -0.3 is 9.05 Å². The van der Waals surface area contributed by atoms with Gasteiger partial charge in [-0.05, 0) is 31.5 Å². The second-order valence-corrected chi connectivity index (χ2v) is 8.13. The Morgan fingerprint density at radius 3 is 2.36 bits per heavy atom. The van der Waals surface area contributed by atoms with Crippen LogP contribution in [0.1, 0.15) is 19.4 Å². The number of fused-ring (bicyclic) bond motifs is 3. The van der Waals surface area contributed by atoms with Crippen LogP contribution < -0.4 is 0 Å². The van der Waals surface area contributed by atoms with Gasteiger partial charge >= 0.3 is 7.60 Å². The van der Waals surface area contributed by atoms with Crippen LogP contribution in [-0.4, -0.2) is 13.2 Å². The molecule has 0 saturated carbocycles. The average Bonchev–Trinajstić information content (AvgIpc) is 2.87. The standard InChI is InChI=1S/C17H19O3PS/c1-3-19-21(18,20-4-2)12-13-8-7-11-16-17(13)14-9-5-6-10-15(14)22-16/h5-11H,3-4,12H2,1-2H3. The SMILES string of the molecule is CCOP(=O)(Cc1cccc2sc3ccccc3c12)OCC. The van der Waals surface area contributed by atoms with E-state index >= 15 is 0 Å². The first-order chi connectivity index (χ1) is 10.7. The first kappa shape index (κ1) is 15.7. The van der Waals surface area contributed by atoms with Crippen molar-refractivity contribution in [3.05, 3.63) is 48.0 Å². The molecule has 0 aliphatic carbocycles. The zero-order valence-corrected chi connectivity index (χ0v) is 14.5. The second-order valence-electron chi connectivity index (χ2n) is 4.99. The van der Waals surface area contributed by atoms with Gasteiger partial charge in [-0.25, -0.2) is 0 Å². The van der Waals surface area contributed by atoms with Crippen LogP contribution in [0, 0.1) is 0 Å². The van der Waals surface area contributed by atoms with Gasteiger partial charge in [0.25, 0.3) is 0 Å². The highest BCUT2D eigenvalue weighted by Crippen LogP contribution is 2.52. The van der Waals surface area contributed by atoms with E-state index < -0.39 is 7.60 Å². The van der Waals surface area contributed by atoms with Crippen LogP contribution in [0.4, 0.5) is 0 Å². The van der Waals surface area contributed by atoms with E-state index in [1.54, 1.807) is 11.3 Å². The first-order valence-electron chi connectivity index (χ1n) is 7.44. The van der Waals surface area contributed by atoms with Crippen LogP contribution in [0.15, 0.2) is 42.5 Å². The highest BCUT2D eigenvalue weighted by molar-refractivity contribution is 7.53. The summed E-state index contributed by atoms with van der Waals surface area (Å²) >= 11 is 1.76. The van der Waals surface area contributed by atoms with Gasteiger partial charge in [0, 0.05) is 20.2 Å². The minimum Gasteiger partial charge on any atom is -0.309 e. The fourth-order valence-corrected chi connectivity index (χ4v) is 5.59. The van der Waals surface area contributed by atoms with E-state index in [1.165, 1.54) is 20.2 Å². The van der Waals surface area contributed by atoms with Gasteiger partial charge in [0.05, 0.1) is 19.4 Å². The van der Waals surface area contributed by atoms with E-state index in [4.69, 9.17) is 9.05 Å². The number of hydrogen-bond acceptors (Lipinski definition) is 4. The topological polar surface area (TPSA) is 35.5 Å². The third kappa shape index (κ3) is 2.97. The molecule has 3 nitrogen and oxygen atoms in total. The van der Waals surface area contributed by atoms with Crippen molar-refractivity contribution in [3.8, 4) is 0 Å². The zero-order chi connectivity index (χ0) is 15.6. The summed E-state index contributed by atoms with van der Waals surface area (Å²) < 4.78 is 26.2. The van der Waals surface area contributed by atoms with E-state index in [2.05, 4.69) is 18.2 Å². The number of thiophene rings is 1. The van der Waals surface area contributed by atoms with Crippen LogP contribution in [0.5, 0.6) is 0 Å².